The first kappa shape index (κ1) is 16.0. The van der Waals surface area contributed by atoms with E-state index in [0.717, 1.165) is 6.42 Å². The van der Waals surface area contributed by atoms with Crippen LogP contribution in [-0.4, -0.2) is 37.6 Å². The molecule has 0 bridgehead atoms. The Morgan fingerprint density at radius 3 is 2.67 bits per heavy atom. The van der Waals surface area contributed by atoms with Gasteiger partial charge < -0.3 is 14.6 Å². The van der Waals surface area contributed by atoms with Crippen LogP contribution in [0.2, 0.25) is 0 Å². The van der Waals surface area contributed by atoms with Crippen molar-refractivity contribution < 1.29 is 17.9 Å². The van der Waals surface area contributed by atoms with E-state index in [2.05, 4.69) is 5.32 Å². The molecule has 1 aromatic heterocycles. The summed E-state index contributed by atoms with van der Waals surface area (Å²) in [6.07, 6.45) is 2.12. The third-order valence-corrected chi connectivity index (χ3v) is 4.46. The maximum Gasteiger partial charge on any atom is 0.268 e. The molecule has 118 valence electrons. The van der Waals surface area contributed by atoms with E-state index in [1.807, 2.05) is 20.8 Å². The second kappa shape index (κ2) is 5.43. The van der Waals surface area contributed by atoms with Crippen molar-refractivity contribution in [2.45, 2.75) is 43.7 Å². The molecule has 1 aliphatic heterocycles. The van der Waals surface area contributed by atoms with E-state index in [9.17, 15) is 13.2 Å². The molecule has 0 saturated carbocycles. The maximum atomic E-state index is 12.4. The number of hydrogen-bond acceptors (Lipinski definition) is 4. The predicted octanol–water partition coefficient (Wildman–Crippen LogP) is 0.625. The second-order valence-corrected chi connectivity index (χ2v) is 7.49. The van der Waals surface area contributed by atoms with Crippen LogP contribution >= 0.6 is 0 Å². The highest BCUT2D eigenvalue weighted by molar-refractivity contribution is 7.89. The Labute approximate surface area is 124 Å². The number of hydrogen-bond donors (Lipinski definition) is 2. The van der Waals surface area contributed by atoms with Gasteiger partial charge in [-0.25, -0.2) is 13.6 Å². The van der Waals surface area contributed by atoms with Crippen LogP contribution in [-0.2, 0) is 14.8 Å². The number of nitrogens with two attached hydrogens (primary N) is 1. The summed E-state index contributed by atoms with van der Waals surface area (Å²) in [7, 11) is -3.84. The van der Waals surface area contributed by atoms with Crippen LogP contribution in [0.25, 0.3) is 0 Å². The molecule has 0 spiro atoms. The lowest BCUT2D eigenvalue weighted by Crippen LogP contribution is -2.47. The number of aromatic nitrogens is 1. The van der Waals surface area contributed by atoms with Crippen molar-refractivity contribution >= 4 is 15.9 Å². The first-order valence-electron chi connectivity index (χ1n) is 6.77. The van der Waals surface area contributed by atoms with E-state index in [1.54, 1.807) is 4.57 Å². The van der Waals surface area contributed by atoms with Gasteiger partial charge >= 0.3 is 0 Å². The van der Waals surface area contributed by atoms with Gasteiger partial charge in [-0.15, -0.1) is 0 Å². The van der Waals surface area contributed by atoms with Crippen molar-refractivity contribution in [2.75, 3.05) is 13.2 Å². The quantitative estimate of drug-likeness (QED) is 0.850. The monoisotopic (exact) mass is 315 g/mol. The zero-order valence-corrected chi connectivity index (χ0v) is 13.2. The Bertz CT molecular complexity index is 642. The van der Waals surface area contributed by atoms with Crippen LogP contribution in [0, 0.1) is 0 Å². The van der Waals surface area contributed by atoms with E-state index >= 15 is 0 Å². The minimum Gasteiger partial charge on any atom is -0.379 e. The molecule has 1 amide bonds. The van der Waals surface area contributed by atoms with Gasteiger partial charge in [-0.1, -0.05) is 0 Å². The van der Waals surface area contributed by atoms with Gasteiger partial charge in [0.05, 0.1) is 12.1 Å². The second-order valence-electron chi connectivity index (χ2n) is 5.92. The van der Waals surface area contributed by atoms with Crippen molar-refractivity contribution in [1.29, 1.82) is 0 Å². The third-order valence-electron chi connectivity index (χ3n) is 3.58. The van der Waals surface area contributed by atoms with Crippen LogP contribution in [0.4, 0.5) is 0 Å². The Balaban J connectivity index is 2.33. The Morgan fingerprint density at radius 2 is 2.19 bits per heavy atom. The highest BCUT2D eigenvalue weighted by atomic mass is 32.2. The largest absolute Gasteiger partial charge is 0.379 e. The van der Waals surface area contributed by atoms with E-state index in [1.165, 1.54) is 12.3 Å². The number of carbonyl (C=O) groups excluding carboxylic acids is 1. The number of carbonyl (C=O) groups is 1. The topological polar surface area (TPSA) is 103 Å². The molecular formula is C13H21N3O4S. The van der Waals surface area contributed by atoms with E-state index in [0.29, 0.717) is 13.2 Å². The van der Waals surface area contributed by atoms with Gasteiger partial charge in [-0.3, -0.25) is 4.79 Å². The number of ether oxygens (including phenoxy) is 1. The summed E-state index contributed by atoms with van der Waals surface area (Å²) >= 11 is 0. The summed E-state index contributed by atoms with van der Waals surface area (Å²) < 4.78 is 29.8. The summed E-state index contributed by atoms with van der Waals surface area (Å²) in [5, 5.41) is 8.05. The molecule has 1 saturated heterocycles. The molecule has 7 nitrogen and oxygen atoms in total. The van der Waals surface area contributed by atoms with Crippen LogP contribution in [0.5, 0.6) is 0 Å². The first-order valence-corrected chi connectivity index (χ1v) is 8.32. The summed E-state index contributed by atoms with van der Waals surface area (Å²) in [6.45, 7) is 6.68. The fourth-order valence-electron chi connectivity index (χ4n) is 2.32. The molecule has 1 aromatic rings. The third kappa shape index (κ3) is 3.45. The van der Waals surface area contributed by atoms with Gasteiger partial charge in [0.1, 0.15) is 10.6 Å². The van der Waals surface area contributed by atoms with E-state index < -0.39 is 15.6 Å². The molecule has 0 aromatic carbocycles. The molecule has 2 heterocycles. The van der Waals surface area contributed by atoms with Crippen LogP contribution in [0.15, 0.2) is 17.2 Å². The lowest BCUT2D eigenvalue weighted by atomic mass is 10.0. The molecule has 8 heteroatoms. The highest BCUT2D eigenvalue weighted by Gasteiger charge is 2.33. The van der Waals surface area contributed by atoms with Gasteiger partial charge in [0.25, 0.3) is 5.91 Å². The minimum absolute atomic E-state index is 0.0609. The van der Waals surface area contributed by atoms with Gasteiger partial charge in [-0.2, -0.15) is 0 Å². The van der Waals surface area contributed by atoms with Crippen molar-refractivity contribution in [1.82, 2.24) is 9.88 Å². The summed E-state index contributed by atoms with van der Waals surface area (Å²) in [4.78, 5) is 12.4. The van der Waals surface area contributed by atoms with Gasteiger partial charge in [0.15, 0.2) is 0 Å². The molecule has 1 aliphatic rings. The smallest absolute Gasteiger partial charge is 0.268 e. The minimum atomic E-state index is -3.84. The standard InChI is InChI=1S/C13H21N3O4S/c1-9(2)16-7-10(21(14,18)19)6-11(16)12(17)15-13(3)4-5-20-8-13/h6-7,9H,4-5,8H2,1-3H3,(H,15,17)(H2,14,18,19). The highest BCUT2D eigenvalue weighted by Crippen LogP contribution is 2.21. The molecule has 21 heavy (non-hydrogen) atoms. The number of amides is 1. The molecule has 1 unspecified atom stereocenters. The molecule has 0 radical (unpaired) electrons. The van der Waals surface area contributed by atoms with Crippen LogP contribution in [0.1, 0.15) is 43.7 Å². The predicted molar refractivity (Wildman–Crippen MR) is 77.5 cm³/mol. The Morgan fingerprint density at radius 1 is 1.52 bits per heavy atom. The van der Waals surface area contributed by atoms with Gasteiger partial charge in [0.2, 0.25) is 10.0 Å². The van der Waals surface area contributed by atoms with Gasteiger partial charge in [0, 0.05) is 18.8 Å². The number of primary sulfonamides is 1. The molecule has 1 atom stereocenters. The van der Waals surface area contributed by atoms with E-state index in [4.69, 9.17) is 9.88 Å². The normalized spacial score (nSPS) is 22.7. The molecular weight excluding hydrogens is 294 g/mol. The van der Waals surface area contributed by atoms with Crippen LogP contribution in [0.3, 0.4) is 0 Å². The Hall–Kier alpha value is -1.38. The fraction of sp³-hybridized carbons (Fsp3) is 0.615. The van der Waals surface area contributed by atoms with Crippen molar-refractivity contribution in [3.8, 4) is 0 Å². The Kier molecular flexibility index (Phi) is 4.14. The van der Waals surface area contributed by atoms with Crippen LogP contribution < -0.4 is 10.5 Å². The molecule has 1 fully saturated rings. The first-order chi connectivity index (χ1) is 9.62. The van der Waals surface area contributed by atoms with Crippen molar-refractivity contribution in [3.63, 3.8) is 0 Å². The lowest BCUT2D eigenvalue weighted by molar-refractivity contribution is 0.0879. The average Bonchev–Trinajstić information content (AvgIpc) is 2.94. The molecule has 2 rings (SSSR count). The molecule has 0 aliphatic carbocycles. The van der Waals surface area contributed by atoms with Crippen molar-refractivity contribution in [3.05, 3.63) is 18.0 Å². The summed E-state index contributed by atoms with van der Waals surface area (Å²) in [5.41, 5.74) is -0.146. The molecule has 3 N–H and O–H groups in total. The van der Waals surface area contributed by atoms with Gasteiger partial charge in [-0.05, 0) is 33.3 Å². The zero-order chi connectivity index (χ0) is 15.8. The number of nitrogens with one attached hydrogen (secondary N) is 1. The maximum absolute atomic E-state index is 12.4. The van der Waals surface area contributed by atoms with E-state index in [-0.39, 0.29) is 22.5 Å². The summed E-state index contributed by atoms with van der Waals surface area (Å²) in [6, 6.07) is 1.25. The average molecular weight is 315 g/mol. The number of nitrogens with zero attached hydrogens (tertiary/aromatic N) is 1. The lowest BCUT2D eigenvalue weighted by Gasteiger charge is -2.24. The number of sulfonamides is 1. The van der Waals surface area contributed by atoms with Crippen molar-refractivity contribution in [2.24, 2.45) is 5.14 Å². The summed E-state index contributed by atoms with van der Waals surface area (Å²) in [5.74, 6) is -0.327. The number of rotatable bonds is 4. The SMILES string of the molecule is CC(C)n1cc(S(N)(=O)=O)cc1C(=O)NC1(C)CCOC1. The zero-order valence-electron chi connectivity index (χ0n) is 12.4. The fourth-order valence-corrected chi connectivity index (χ4v) is 2.86.